The van der Waals surface area contributed by atoms with Gasteiger partial charge in [0.05, 0.1) is 5.41 Å². The van der Waals surface area contributed by atoms with Crippen LogP contribution in [-0.2, 0) is 4.79 Å². The van der Waals surface area contributed by atoms with Gasteiger partial charge in [0.25, 0.3) is 0 Å². The average Bonchev–Trinajstić information content (AvgIpc) is 2.90. The van der Waals surface area contributed by atoms with Gasteiger partial charge in [0, 0.05) is 19.6 Å². The predicted molar refractivity (Wildman–Crippen MR) is 81.2 cm³/mol. The van der Waals surface area contributed by atoms with Gasteiger partial charge in [0.1, 0.15) is 0 Å². The van der Waals surface area contributed by atoms with Crippen LogP contribution in [-0.4, -0.2) is 37.0 Å². The predicted octanol–water partition coefficient (Wildman–Crippen LogP) is 3.05. The number of hydrogen-bond donors (Lipinski definition) is 1. The van der Waals surface area contributed by atoms with Crippen LogP contribution in [0.4, 0.5) is 0 Å². The summed E-state index contributed by atoms with van der Waals surface area (Å²) in [5.74, 6) is 1.05. The van der Waals surface area contributed by atoms with E-state index < -0.39 is 0 Å². The van der Waals surface area contributed by atoms with Crippen molar-refractivity contribution in [3.8, 4) is 0 Å². The molecule has 1 fully saturated rings. The Morgan fingerprint density at radius 1 is 1.26 bits per heavy atom. The van der Waals surface area contributed by atoms with Crippen LogP contribution in [0.3, 0.4) is 0 Å². The molecule has 0 radical (unpaired) electrons. The van der Waals surface area contributed by atoms with Gasteiger partial charge >= 0.3 is 0 Å². The van der Waals surface area contributed by atoms with Crippen molar-refractivity contribution in [3.63, 3.8) is 0 Å². The molecular weight excluding hydrogens is 236 g/mol. The SMILES string of the molecule is CCCC1(C(=O)N(CC)CC(CC)CC)CCNC1. The van der Waals surface area contributed by atoms with Gasteiger partial charge < -0.3 is 10.2 Å². The summed E-state index contributed by atoms with van der Waals surface area (Å²) in [4.78, 5) is 15.1. The molecule has 112 valence electrons. The first kappa shape index (κ1) is 16.5. The average molecular weight is 268 g/mol. The maximum Gasteiger partial charge on any atom is 0.230 e. The van der Waals surface area contributed by atoms with Gasteiger partial charge in [-0.15, -0.1) is 0 Å². The number of nitrogens with zero attached hydrogens (tertiary/aromatic N) is 1. The van der Waals surface area contributed by atoms with Gasteiger partial charge in [-0.1, -0.05) is 40.0 Å². The Kier molecular flexibility index (Phi) is 6.84. The maximum atomic E-state index is 12.9. The summed E-state index contributed by atoms with van der Waals surface area (Å²) in [6.45, 7) is 12.4. The molecule has 1 rings (SSSR count). The smallest absolute Gasteiger partial charge is 0.230 e. The summed E-state index contributed by atoms with van der Waals surface area (Å²) >= 11 is 0. The van der Waals surface area contributed by atoms with Crippen LogP contribution in [0.2, 0.25) is 0 Å². The van der Waals surface area contributed by atoms with Crippen molar-refractivity contribution in [2.45, 2.75) is 59.8 Å². The summed E-state index contributed by atoms with van der Waals surface area (Å²) < 4.78 is 0. The standard InChI is InChI=1S/C16H32N2O/c1-5-9-16(10-11-17-13-16)15(19)18(8-4)12-14(6-2)7-3/h14,17H,5-13H2,1-4H3. The number of amides is 1. The molecule has 1 aliphatic rings. The summed E-state index contributed by atoms with van der Waals surface area (Å²) in [7, 11) is 0. The van der Waals surface area contributed by atoms with E-state index in [4.69, 9.17) is 0 Å². The zero-order chi connectivity index (χ0) is 14.3. The maximum absolute atomic E-state index is 12.9. The fourth-order valence-electron chi connectivity index (χ4n) is 3.27. The van der Waals surface area contributed by atoms with Gasteiger partial charge in [-0.2, -0.15) is 0 Å². The van der Waals surface area contributed by atoms with Gasteiger partial charge in [0.15, 0.2) is 0 Å². The summed E-state index contributed by atoms with van der Waals surface area (Å²) in [6.07, 6.45) is 5.46. The van der Waals surface area contributed by atoms with E-state index in [1.54, 1.807) is 0 Å². The molecule has 0 aromatic rings. The van der Waals surface area contributed by atoms with E-state index in [0.29, 0.717) is 11.8 Å². The van der Waals surface area contributed by atoms with Crippen molar-refractivity contribution in [1.82, 2.24) is 10.2 Å². The van der Waals surface area contributed by atoms with Crippen molar-refractivity contribution < 1.29 is 4.79 Å². The van der Waals surface area contributed by atoms with E-state index >= 15 is 0 Å². The molecule has 0 saturated carbocycles. The zero-order valence-electron chi connectivity index (χ0n) is 13.3. The fraction of sp³-hybridized carbons (Fsp3) is 0.938. The molecule has 3 heteroatoms. The number of carbonyl (C=O) groups is 1. The number of nitrogens with one attached hydrogen (secondary N) is 1. The normalized spacial score (nSPS) is 23.0. The van der Waals surface area contributed by atoms with Gasteiger partial charge in [-0.3, -0.25) is 4.79 Å². The molecule has 0 aromatic carbocycles. The van der Waals surface area contributed by atoms with Crippen molar-refractivity contribution >= 4 is 5.91 Å². The van der Waals surface area contributed by atoms with Crippen molar-refractivity contribution in [2.75, 3.05) is 26.2 Å². The Morgan fingerprint density at radius 2 is 1.95 bits per heavy atom. The second-order valence-electron chi connectivity index (χ2n) is 5.98. The highest BCUT2D eigenvalue weighted by molar-refractivity contribution is 5.83. The largest absolute Gasteiger partial charge is 0.342 e. The van der Waals surface area contributed by atoms with E-state index in [1.165, 1.54) is 12.8 Å². The minimum Gasteiger partial charge on any atom is -0.342 e. The quantitative estimate of drug-likeness (QED) is 0.734. The van der Waals surface area contributed by atoms with Crippen LogP contribution in [0.25, 0.3) is 0 Å². The Morgan fingerprint density at radius 3 is 2.37 bits per heavy atom. The molecule has 1 N–H and O–H groups in total. The number of carbonyl (C=O) groups excluding carboxylic acids is 1. The Bertz CT molecular complexity index is 268. The minimum absolute atomic E-state index is 0.114. The van der Waals surface area contributed by atoms with Crippen molar-refractivity contribution in [2.24, 2.45) is 11.3 Å². The van der Waals surface area contributed by atoms with E-state index in [9.17, 15) is 4.79 Å². The molecule has 3 nitrogen and oxygen atoms in total. The van der Waals surface area contributed by atoms with E-state index in [2.05, 4.69) is 37.9 Å². The van der Waals surface area contributed by atoms with Crippen LogP contribution < -0.4 is 5.32 Å². The molecule has 0 aromatic heterocycles. The van der Waals surface area contributed by atoms with Crippen molar-refractivity contribution in [1.29, 1.82) is 0 Å². The molecule has 0 aliphatic carbocycles. The molecular formula is C16H32N2O. The lowest BCUT2D eigenvalue weighted by Crippen LogP contribution is -2.47. The second kappa shape index (κ2) is 7.88. The lowest BCUT2D eigenvalue weighted by molar-refractivity contribution is -0.142. The zero-order valence-corrected chi connectivity index (χ0v) is 13.3. The molecule has 0 bridgehead atoms. The number of rotatable bonds is 8. The van der Waals surface area contributed by atoms with E-state index in [1.807, 2.05) is 0 Å². The molecule has 1 saturated heterocycles. The first-order chi connectivity index (χ1) is 9.13. The second-order valence-corrected chi connectivity index (χ2v) is 5.98. The molecule has 1 atom stereocenters. The Balaban J connectivity index is 2.75. The van der Waals surface area contributed by atoms with Gasteiger partial charge in [-0.25, -0.2) is 0 Å². The van der Waals surface area contributed by atoms with Gasteiger partial charge in [0.2, 0.25) is 5.91 Å². The molecule has 19 heavy (non-hydrogen) atoms. The number of hydrogen-bond acceptors (Lipinski definition) is 2. The molecule has 0 spiro atoms. The van der Waals surface area contributed by atoms with Crippen LogP contribution in [0, 0.1) is 11.3 Å². The third-order valence-electron chi connectivity index (χ3n) is 4.73. The van der Waals surface area contributed by atoms with Crippen LogP contribution in [0.15, 0.2) is 0 Å². The van der Waals surface area contributed by atoms with E-state index in [0.717, 1.165) is 45.4 Å². The Labute approximate surface area is 119 Å². The topological polar surface area (TPSA) is 32.3 Å². The lowest BCUT2D eigenvalue weighted by atomic mass is 9.80. The first-order valence-corrected chi connectivity index (χ1v) is 8.13. The fourth-order valence-corrected chi connectivity index (χ4v) is 3.27. The molecule has 1 amide bonds. The van der Waals surface area contributed by atoms with E-state index in [-0.39, 0.29) is 5.41 Å². The summed E-state index contributed by atoms with van der Waals surface area (Å²) in [5, 5.41) is 3.39. The minimum atomic E-state index is -0.114. The van der Waals surface area contributed by atoms with Crippen LogP contribution >= 0.6 is 0 Å². The highest BCUT2D eigenvalue weighted by atomic mass is 16.2. The lowest BCUT2D eigenvalue weighted by Gasteiger charge is -2.35. The van der Waals surface area contributed by atoms with Crippen LogP contribution in [0.5, 0.6) is 0 Å². The highest BCUT2D eigenvalue weighted by Gasteiger charge is 2.42. The van der Waals surface area contributed by atoms with Crippen molar-refractivity contribution in [3.05, 3.63) is 0 Å². The summed E-state index contributed by atoms with van der Waals surface area (Å²) in [5.41, 5.74) is -0.114. The Hall–Kier alpha value is -0.570. The monoisotopic (exact) mass is 268 g/mol. The third-order valence-corrected chi connectivity index (χ3v) is 4.73. The summed E-state index contributed by atoms with van der Waals surface area (Å²) in [6, 6.07) is 0. The first-order valence-electron chi connectivity index (χ1n) is 8.13. The third kappa shape index (κ3) is 3.95. The molecule has 1 aliphatic heterocycles. The van der Waals surface area contributed by atoms with Crippen LogP contribution in [0.1, 0.15) is 59.8 Å². The molecule has 1 heterocycles. The molecule has 1 unspecified atom stereocenters. The van der Waals surface area contributed by atoms with Gasteiger partial charge in [-0.05, 0) is 32.2 Å². The highest BCUT2D eigenvalue weighted by Crippen LogP contribution is 2.33.